The maximum atomic E-state index is 12.6. The van der Waals surface area contributed by atoms with Crippen molar-refractivity contribution in [2.24, 2.45) is 7.05 Å². The molecule has 0 spiro atoms. The number of benzene rings is 1. The lowest BCUT2D eigenvalue weighted by Crippen LogP contribution is -2.42. The van der Waals surface area contributed by atoms with Gasteiger partial charge in [0.2, 0.25) is 12.7 Å². The number of aromatic nitrogens is 1. The molecule has 0 saturated carbocycles. The van der Waals surface area contributed by atoms with Crippen molar-refractivity contribution >= 4 is 5.91 Å². The smallest absolute Gasteiger partial charge is 0.254 e. The van der Waals surface area contributed by atoms with Crippen LogP contribution in [-0.4, -0.2) is 41.4 Å². The predicted octanol–water partition coefficient (Wildman–Crippen LogP) is 2.03. The first-order valence-corrected chi connectivity index (χ1v) is 9.50. The Hall–Kier alpha value is -2.96. The molecule has 4 rings (SSSR count). The topological polar surface area (TPSA) is 70.0 Å². The van der Waals surface area contributed by atoms with Crippen molar-refractivity contribution in [1.29, 1.82) is 0 Å². The third-order valence-electron chi connectivity index (χ3n) is 5.37. The molecule has 1 fully saturated rings. The highest BCUT2D eigenvalue weighted by Gasteiger charge is 2.25. The number of nitrogens with zero attached hydrogens (tertiary/aromatic N) is 2. The Kier molecular flexibility index (Phi) is 4.98. The number of amides is 1. The van der Waals surface area contributed by atoms with Crippen LogP contribution in [-0.2, 0) is 18.3 Å². The zero-order chi connectivity index (χ0) is 19.7. The van der Waals surface area contributed by atoms with Gasteiger partial charge >= 0.3 is 0 Å². The minimum absolute atomic E-state index is 0.0149. The monoisotopic (exact) mass is 384 g/mol. The summed E-state index contributed by atoms with van der Waals surface area (Å²) in [4.78, 5) is 26.4. The van der Waals surface area contributed by atoms with Crippen LogP contribution in [0.4, 0.5) is 0 Å². The lowest BCUT2D eigenvalue weighted by molar-refractivity contribution is -0.132. The van der Waals surface area contributed by atoms with Gasteiger partial charge in [-0.15, -0.1) is 0 Å². The summed E-state index contributed by atoms with van der Waals surface area (Å²) in [7, 11) is 1.74. The van der Waals surface area contributed by atoms with Crippen LogP contribution in [0.1, 0.15) is 24.1 Å². The van der Waals surface area contributed by atoms with Crippen LogP contribution in [0.25, 0.3) is 0 Å². The number of hydrogen-bond donors (Lipinski definition) is 0. The van der Waals surface area contributed by atoms with E-state index in [1.165, 1.54) is 6.07 Å². The van der Waals surface area contributed by atoms with Crippen molar-refractivity contribution in [3.05, 3.63) is 51.9 Å². The zero-order valence-corrected chi connectivity index (χ0v) is 16.1. The van der Waals surface area contributed by atoms with E-state index in [1.807, 2.05) is 36.1 Å². The van der Waals surface area contributed by atoms with E-state index in [2.05, 4.69) is 0 Å². The van der Waals surface area contributed by atoms with Crippen LogP contribution < -0.4 is 19.8 Å². The number of carbonyl (C=O) groups excluding carboxylic acids is 1. The van der Waals surface area contributed by atoms with Crippen molar-refractivity contribution in [1.82, 2.24) is 9.47 Å². The molecule has 0 unspecified atom stereocenters. The fraction of sp³-hybridized carbons (Fsp3) is 0.429. The third-order valence-corrected chi connectivity index (χ3v) is 5.37. The van der Waals surface area contributed by atoms with E-state index in [4.69, 9.17) is 14.2 Å². The number of rotatable bonds is 4. The van der Waals surface area contributed by atoms with Crippen LogP contribution in [0, 0.1) is 6.92 Å². The van der Waals surface area contributed by atoms with E-state index in [-0.39, 0.29) is 24.4 Å². The first kappa shape index (κ1) is 18.4. The highest BCUT2D eigenvalue weighted by molar-refractivity contribution is 5.79. The summed E-state index contributed by atoms with van der Waals surface area (Å²) in [5.41, 5.74) is 1.70. The number of ether oxygens (including phenoxy) is 3. The van der Waals surface area contributed by atoms with Crippen LogP contribution in [0.5, 0.6) is 17.2 Å². The molecule has 28 heavy (non-hydrogen) atoms. The Morgan fingerprint density at radius 1 is 1.14 bits per heavy atom. The van der Waals surface area contributed by atoms with Gasteiger partial charge < -0.3 is 23.7 Å². The summed E-state index contributed by atoms with van der Waals surface area (Å²) in [6, 6.07) is 9.01. The Labute approximate surface area is 163 Å². The fourth-order valence-electron chi connectivity index (χ4n) is 3.56. The van der Waals surface area contributed by atoms with Crippen molar-refractivity contribution in [2.75, 3.05) is 19.9 Å². The minimum atomic E-state index is -0.0775. The molecule has 0 bridgehead atoms. The molecular formula is C21H24N2O5. The van der Waals surface area contributed by atoms with Gasteiger partial charge in [-0.25, -0.2) is 0 Å². The van der Waals surface area contributed by atoms with Crippen molar-refractivity contribution in [3.8, 4) is 17.2 Å². The maximum Gasteiger partial charge on any atom is 0.254 e. The summed E-state index contributed by atoms with van der Waals surface area (Å²) in [5.74, 6) is 2.12. The molecular weight excluding hydrogens is 360 g/mol. The molecule has 0 aliphatic carbocycles. The molecule has 7 nitrogen and oxygen atoms in total. The normalized spacial score (nSPS) is 16.3. The Morgan fingerprint density at radius 2 is 1.89 bits per heavy atom. The standard InChI is InChI=1S/C21H24N2O5/c1-14-9-17(12-20(24)22(14)2)28-16-5-7-23(8-6-16)21(25)11-15-3-4-18-19(10-15)27-13-26-18/h3-4,9-10,12,16H,5-8,11,13H2,1-2H3. The van der Waals surface area contributed by atoms with E-state index in [0.717, 1.165) is 29.8 Å². The van der Waals surface area contributed by atoms with E-state index < -0.39 is 0 Å². The average Bonchev–Trinajstić information content (AvgIpc) is 3.14. The predicted molar refractivity (Wildman–Crippen MR) is 103 cm³/mol. The molecule has 1 aromatic heterocycles. The summed E-state index contributed by atoms with van der Waals surface area (Å²) < 4.78 is 18.3. The molecule has 2 aliphatic heterocycles. The largest absolute Gasteiger partial charge is 0.490 e. The zero-order valence-electron chi connectivity index (χ0n) is 16.1. The Bertz CT molecular complexity index is 944. The van der Waals surface area contributed by atoms with Gasteiger partial charge in [0.25, 0.3) is 5.56 Å². The number of hydrogen-bond acceptors (Lipinski definition) is 5. The molecule has 148 valence electrons. The first-order valence-electron chi connectivity index (χ1n) is 9.50. The van der Waals surface area contributed by atoms with Crippen molar-refractivity contribution < 1.29 is 19.0 Å². The van der Waals surface area contributed by atoms with E-state index >= 15 is 0 Å². The highest BCUT2D eigenvalue weighted by atomic mass is 16.7. The number of fused-ring (bicyclic) bond motifs is 1. The molecule has 3 heterocycles. The number of piperidine rings is 1. The summed E-state index contributed by atoms with van der Waals surface area (Å²) in [6.45, 7) is 3.41. The van der Waals surface area contributed by atoms with Crippen molar-refractivity contribution in [3.63, 3.8) is 0 Å². The highest BCUT2D eigenvalue weighted by Crippen LogP contribution is 2.32. The van der Waals surface area contributed by atoms with Gasteiger partial charge in [-0.05, 0) is 30.7 Å². The second-order valence-electron chi connectivity index (χ2n) is 7.29. The number of carbonyl (C=O) groups is 1. The molecule has 2 aliphatic rings. The summed E-state index contributed by atoms with van der Waals surface area (Å²) >= 11 is 0. The SMILES string of the molecule is Cc1cc(OC2CCN(C(=O)Cc3ccc4c(c3)OCO4)CC2)cc(=O)n1C. The second kappa shape index (κ2) is 7.58. The molecule has 2 aromatic rings. The molecule has 0 atom stereocenters. The first-order chi connectivity index (χ1) is 13.5. The lowest BCUT2D eigenvalue weighted by atomic mass is 10.1. The number of likely N-dealkylation sites (tertiary alicyclic amines) is 1. The maximum absolute atomic E-state index is 12.6. The van der Waals surface area contributed by atoms with Crippen molar-refractivity contribution in [2.45, 2.75) is 32.3 Å². The van der Waals surface area contributed by atoms with Gasteiger partial charge in [0, 0.05) is 44.7 Å². The quantitative estimate of drug-likeness (QED) is 0.807. The summed E-state index contributed by atoms with van der Waals surface area (Å²) in [6.07, 6.45) is 1.86. The van der Waals surface area contributed by atoms with Gasteiger partial charge in [0.1, 0.15) is 11.9 Å². The number of aryl methyl sites for hydroxylation is 1. The molecule has 0 N–H and O–H groups in total. The minimum Gasteiger partial charge on any atom is -0.490 e. The third kappa shape index (κ3) is 3.83. The fourth-order valence-corrected chi connectivity index (χ4v) is 3.56. The van der Waals surface area contributed by atoms with Gasteiger partial charge in [0.05, 0.1) is 6.42 Å². The van der Waals surface area contributed by atoms with Crippen LogP contribution in [0.2, 0.25) is 0 Å². The molecule has 0 radical (unpaired) electrons. The molecule has 1 aromatic carbocycles. The van der Waals surface area contributed by atoms with E-state index in [9.17, 15) is 9.59 Å². The van der Waals surface area contributed by atoms with Gasteiger partial charge in [0.15, 0.2) is 11.5 Å². The van der Waals surface area contributed by atoms with Crippen LogP contribution in [0.3, 0.4) is 0 Å². The van der Waals surface area contributed by atoms with Crippen LogP contribution in [0.15, 0.2) is 35.1 Å². The van der Waals surface area contributed by atoms with Gasteiger partial charge in [-0.1, -0.05) is 6.07 Å². The Balaban J connectivity index is 1.31. The Morgan fingerprint density at radius 3 is 2.64 bits per heavy atom. The molecule has 1 saturated heterocycles. The lowest BCUT2D eigenvalue weighted by Gasteiger charge is -2.32. The second-order valence-corrected chi connectivity index (χ2v) is 7.29. The molecule has 7 heteroatoms. The molecule has 1 amide bonds. The van der Waals surface area contributed by atoms with Crippen LogP contribution >= 0.6 is 0 Å². The van der Waals surface area contributed by atoms with E-state index in [1.54, 1.807) is 11.6 Å². The number of pyridine rings is 1. The van der Waals surface area contributed by atoms with Gasteiger partial charge in [-0.3, -0.25) is 9.59 Å². The van der Waals surface area contributed by atoms with E-state index in [0.29, 0.717) is 31.0 Å². The average molecular weight is 384 g/mol. The van der Waals surface area contributed by atoms with Gasteiger partial charge in [-0.2, -0.15) is 0 Å². The summed E-state index contributed by atoms with van der Waals surface area (Å²) in [5, 5.41) is 0.